The molecule has 0 radical (unpaired) electrons. The normalized spacial score (nSPS) is 13.7. The number of Topliss-reactive ketones (excluding diaryl/α,β-unsaturated/α-hetero) is 1. The van der Waals surface area contributed by atoms with Crippen molar-refractivity contribution in [2.24, 2.45) is 11.3 Å². The van der Waals surface area contributed by atoms with E-state index in [-0.39, 0.29) is 23.5 Å². The number of aliphatic carboxylic acids is 1. The Morgan fingerprint density at radius 3 is 2.07 bits per heavy atom. The first-order valence-electron chi connectivity index (χ1n) is 4.94. The van der Waals surface area contributed by atoms with Gasteiger partial charge in [-0.3, -0.25) is 9.59 Å². The van der Waals surface area contributed by atoms with E-state index in [1.54, 1.807) is 6.92 Å². The van der Waals surface area contributed by atoms with Gasteiger partial charge in [0.25, 0.3) is 0 Å². The van der Waals surface area contributed by atoms with Crippen molar-refractivity contribution in [2.75, 3.05) is 0 Å². The summed E-state index contributed by atoms with van der Waals surface area (Å²) in [6, 6.07) is 0. The molecule has 0 spiro atoms. The number of carbonyl (C=O) groups is 2. The van der Waals surface area contributed by atoms with Crippen LogP contribution < -0.4 is 0 Å². The third-order valence-electron chi connectivity index (χ3n) is 1.83. The minimum atomic E-state index is -0.832. The maximum Gasteiger partial charge on any atom is 0.303 e. The quantitative estimate of drug-likeness (QED) is 0.741. The van der Waals surface area contributed by atoms with Gasteiger partial charge in [0.1, 0.15) is 5.78 Å². The van der Waals surface area contributed by atoms with Crippen LogP contribution in [0.3, 0.4) is 0 Å². The summed E-state index contributed by atoms with van der Waals surface area (Å²) in [7, 11) is 0. The highest BCUT2D eigenvalue weighted by molar-refractivity contribution is 5.79. The zero-order valence-corrected chi connectivity index (χ0v) is 9.46. The Kier molecular flexibility index (Phi) is 4.81. The average molecular weight is 200 g/mol. The molecule has 3 heteroatoms. The minimum Gasteiger partial charge on any atom is -0.481 e. The summed E-state index contributed by atoms with van der Waals surface area (Å²) in [4.78, 5) is 21.8. The Labute approximate surface area is 85.5 Å². The van der Waals surface area contributed by atoms with Gasteiger partial charge in [0.15, 0.2) is 0 Å². The lowest BCUT2D eigenvalue weighted by atomic mass is 9.87. The van der Waals surface area contributed by atoms with Gasteiger partial charge in [0.2, 0.25) is 0 Å². The molecular formula is C11H20O3. The summed E-state index contributed by atoms with van der Waals surface area (Å²) in [6.45, 7) is 7.82. The van der Waals surface area contributed by atoms with E-state index >= 15 is 0 Å². The molecule has 0 bridgehead atoms. The summed E-state index contributed by atoms with van der Waals surface area (Å²) in [5, 5.41) is 8.52. The second-order valence-corrected chi connectivity index (χ2v) is 5.18. The molecule has 1 atom stereocenters. The van der Waals surface area contributed by atoms with E-state index in [1.165, 1.54) is 0 Å². The summed E-state index contributed by atoms with van der Waals surface area (Å²) >= 11 is 0. The molecule has 0 saturated carbocycles. The Bertz CT molecular complexity index is 213. The van der Waals surface area contributed by atoms with Gasteiger partial charge in [0, 0.05) is 19.3 Å². The van der Waals surface area contributed by atoms with Crippen molar-refractivity contribution in [2.45, 2.75) is 47.0 Å². The van der Waals surface area contributed by atoms with Crippen molar-refractivity contribution in [3.63, 3.8) is 0 Å². The van der Waals surface area contributed by atoms with E-state index in [4.69, 9.17) is 5.11 Å². The topological polar surface area (TPSA) is 54.4 Å². The van der Waals surface area contributed by atoms with E-state index in [1.807, 2.05) is 20.8 Å². The third kappa shape index (κ3) is 7.77. The molecule has 0 aliphatic rings. The standard InChI is InChI=1S/C11H20O3/c1-8(6-10(13)14)5-9(12)7-11(2,3)4/h8H,5-7H2,1-4H3,(H,13,14). The summed E-state index contributed by atoms with van der Waals surface area (Å²) < 4.78 is 0. The molecule has 14 heavy (non-hydrogen) atoms. The molecule has 0 saturated heterocycles. The number of hydrogen-bond acceptors (Lipinski definition) is 2. The van der Waals surface area contributed by atoms with Gasteiger partial charge in [-0.1, -0.05) is 27.7 Å². The highest BCUT2D eigenvalue weighted by atomic mass is 16.4. The van der Waals surface area contributed by atoms with Crippen LogP contribution in [0.25, 0.3) is 0 Å². The van der Waals surface area contributed by atoms with Crippen molar-refractivity contribution < 1.29 is 14.7 Å². The lowest BCUT2D eigenvalue weighted by Crippen LogP contribution is -2.16. The Balaban J connectivity index is 3.89. The van der Waals surface area contributed by atoms with Crippen molar-refractivity contribution in [1.82, 2.24) is 0 Å². The maximum atomic E-state index is 11.5. The van der Waals surface area contributed by atoms with Gasteiger partial charge < -0.3 is 5.11 Å². The van der Waals surface area contributed by atoms with Crippen LogP contribution in [0.5, 0.6) is 0 Å². The molecule has 0 aliphatic heterocycles. The van der Waals surface area contributed by atoms with E-state index in [9.17, 15) is 9.59 Å². The van der Waals surface area contributed by atoms with Crippen molar-refractivity contribution in [3.05, 3.63) is 0 Å². The predicted molar refractivity (Wildman–Crippen MR) is 55.1 cm³/mol. The number of ketones is 1. The number of hydrogen-bond donors (Lipinski definition) is 1. The van der Waals surface area contributed by atoms with Crippen LogP contribution in [0.1, 0.15) is 47.0 Å². The SMILES string of the molecule is CC(CC(=O)O)CC(=O)CC(C)(C)C. The predicted octanol–water partition coefficient (Wildman–Crippen LogP) is 2.49. The molecule has 0 amide bonds. The van der Waals surface area contributed by atoms with E-state index in [0.29, 0.717) is 12.8 Å². The minimum absolute atomic E-state index is 0.0000267. The van der Waals surface area contributed by atoms with Crippen molar-refractivity contribution in [3.8, 4) is 0 Å². The fraction of sp³-hybridized carbons (Fsp3) is 0.818. The largest absolute Gasteiger partial charge is 0.481 e. The molecule has 0 fully saturated rings. The molecule has 0 aromatic heterocycles. The molecule has 1 N–H and O–H groups in total. The van der Waals surface area contributed by atoms with Crippen LogP contribution in [0, 0.1) is 11.3 Å². The van der Waals surface area contributed by atoms with Crippen LogP contribution in [-0.2, 0) is 9.59 Å². The lowest BCUT2D eigenvalue weighted by Gasteiger charge is -2.17. The molecule has 0 rings (SSSR count). The van der Waals surface area contributed by atoms with Gasteiger partial charge in [-0.05, 0) is 11.3 Å². The van der Waals surface area contributed by atoms with Gasteiger partial charge >= 0.3 is 5.97 Å². The first-order valence-corrected chi connectivity index (χ1v) is 4.94. The number of rotatable bonds is 5. The Hall–Kier alpha value is -0.860. The smallest absolute Gasteiger partial charge is 0.303 e. The van der Waals surface area contributed by atoms with Crippen LogP contribution in [-0.4, -0.2) is 16.9 Å². The van der Waals surface area contributed by atoms with Gasteiger partial charge in [-0.25, -0.2) is 0 Å². The van der Waals surface area contributed by atoms with Crippen LogP contribution >= 0.6 is 0 Å². The molecule has 0 aromatic rings. The highest BCUT2D eigenvalue weighted by Gasteiger charge is 2.18. The fourth-order valence-corrected chi connectivity index (χ4v) is 1.42. The molecule has 1 unspecified atom stereocenters. The molecule has 3 nitrogen and oxygen atoms in total. The summed E-state index contributed by atoms with van der Waals surface area (Å²) in [5.74, 6) is -0.727. The van der Waals surface area contributed by atoms with E-state index in [0.717, 1.165) is 0 Å². The van der Waals surface area contributed by atoms with Crippen molar-refractivity contribution >= 4 is 11.8 Å². The maximum absolute atomic E-state index is 11.5. The average Bonchev–Trinajstić information content (AvgIpc) is 1.77. The van der Waals surface area contributed by atoms with Gasteiger partial charge in [-0.2, -0.15) is 0 Å². The first kappa shape index (κ1) is 13.1. The van der Waals surface area contributed by atoms with Crippen LogP contribution in [0.4, 0.5) is 0 Å². The number of carboxylic acid groups (broad SMARTS) is 1. The van der Waals surface area contributed by atoms with Gasteiger partial charge in [0.05, 0.1) is 0 Å². The Morgan fingerprint density at radius 2 is 1.71 bits per heavy atom. The zero-order valence-electron chi connectivity index (χ0n) is 9.46. The molecule has 0 heterocycles. The number of carbonyl (C=O) groups excluding carboxylic acids is 1. The monoisotopic (exact) mass is 200 g/mol. The Morgan fingerprint density at radius 1 is 1.21 bits per heavy atom. The van der Waals surface area contributed by atoms with Crippen molar-refractivity contribution in [1.29, 1.82) is 0 Å². The number of carboxylic acids is 1. The van der Waals surface area contributed by atoms with Crippen LogP contribution in [0.2, 0.25) is 0 Å². The summed E-state index contributed by atoms with van der Waals surface area (Å²) in [6.07, 6.45) is 0.983. The lowest BCUT2D eigenvalue weighted by molar-refractivity contribution is -0.138. The molecule has 0 aliphatic carbocycles. The first-order chi connectivity index (χ1) is 6.20. The second-order valence-electron chi connectivity index (χ2n) is 5.18. The van der Waals surface area contributed by atoms with Crippen LogP contribution in [0.15, 0.2) is 0 Å². The van der Waals surface area contributed by atoms with Gasteiger partial charge in [-0.15, -0.1) is 0 Å². The fourth-order valence-electron chi connectivity index (χ4n) is 1.42. The third-order valence-corrected chi connectivity index (χ3v) is 1.83. The molecule has 0 aromatic carbocycles. The second kappa shape index (κ2) is 5.13. The molecule has 82 valence electrons. The zero-order chi connectivity index (χ0) is 11.4. The molecular weight excluding hydrogens is 180 g/mol. The highest BCUT2D eigenvalue weighted by Crippen LogP contribution is 2.21. The van der Waals surface area contributed by atoms with E-state index in [2.05, 4.69) is 0 Å². The van der Waals surface area contributed by atoms with E-state index < -0.39 is 5.97 Å². The summed E-state index contributed by atoms with van der Waals surface area (Å²) in [5.41, 5.74) is 0.0000267.